The van der Waals surface area contributed by atoms with E-state index in [1.165, 1.54) is 11.3 Å². The molecule has 0 saturated heterocycles. The van der Waals surface area contributed by atoms with Crippen molar-refractivity contribution in [3.63, 3.8) is 0 Å². The quantitative estimate of drug-likeness (QED) is 0.298. The van der Waals surface area contributed by atoms with Crippen molar-refractivity contribution in [2.75, 3.05) is 17.2 Å². The molecule has 2 aromatic heterocycles. The van der Waals surface area contributed by atoms with E-state index in [9.17, 15) is 14.4 Å². The standard InChI is InChI=1S/C25H24Cl2N4O4S/c26-17-7-4-8-18(27)22(17)31-25(34)30-19-13-20(15-9-11-28-12-10-15)36-23(19)24(33)29-14-21(32)35-16-5-2-1-3-6-16/h4,7-13,16H,1-3,5-6,14H2,(H,29,33)(H2,30,31,34). The van der Waals surface area contributed by atoms with E-state index in [0.717, 1.165) is 42.5 Å². The molecule has 3 amide bonds. The number of carbonyl (C=O) groups excluding carboxylic acids is 3. The molecule has 0 radical (unpaired) electrons. The number of aromatic nitrogens is 1. The van der Waals surface area contributed by atoms with Gasteiger partial charge < -0.3 is 20.7 Å². The van der Waals surface area contributed by atoms with E-state index >= 15 is 0 Å². The zero-order chi connectivity index (χ0) is 25.5. The smallest absolute Gasteiger partial charge is 0.325 e. The molecular weight excluding hydrogens is 523 g/mol. The van der Waals surface area contributed by atoms with Crippen molar-refractivity contribution in [2.45, 2.75) is 38.2 Å². The Hall–Kier alpha value is -3.14. The lowest BCUT2D eigenvalue weighted by Gasteiger charge is -2.21. The Morgan fingerprint density at radius 2 is 1.69 bits per heavy atom. The number of carbonyl (C=O) groups is 3. The largest absolute Gasteiger partial charge is 0.461 e. The van der Waals surface area contributed by atoms with Crippen LogP contribution < -0.4 is 16.0 Å². The number of rotatable bonds is 7. The van der Waals surface area contributed by atoms with E-state index in [1.54, 1.807) is 48.8 Å². The van der Waals surface area contributed by atoms with E-state index in [1.807, 2.05) is 0 Å². The number of anilines is 2. The van der Waals surface area contributed by atoms with Crippen LogP contribution in [0, 0.1) is 0 Å². The predicted octanol–water partition coefficient (Wildman–Crippen LogP) is 6.37. The van der Waals surface area contributed by atoms with Gasteiger partial charge in [-0.1, -0.05) is 35.7 Å². The number of esters is 1. The minimum absolute atomic E-state index is 0.0965. The highest BCUT2D eigenvalue weighted by molar-refractivity contribution is 7.18. The highest BCUT2D eigenvalue weighted by Crippen LogP contribution is 2.35. The lowest BCUT2D eigenvalue weighted by molar-refractivity contribution is -0.149. The number of hydrogen-bond acceptors (Lipinski definition) is 6. The van der Waals surface area contributed by atoms with Crippen molar-refractivity contribution in [2.24, 2.45) is 0 Å². The highest BCUT2D eigenvalue weighted by Gasteiger charge is 2.22. The average Bonchev–Trinajstić information content (AvgIpc) is 3.30. The lowest BCUT2D eigenvalue weighted by atomic mass is 9.98. The van der Waals surface area contributed by atoms with Crippen molar-refractivity contribution in [3.8, 4) is 10.4 Å². The highest BCUT2D eigenvalue weighted by atomic mass is 35.5. The Kier molecular flexibility index (Phi) is 8.79. The van der Waals surface area contributed by atoms with Crippen molar-refractivity contribution in [1.82, 2.24) is 10.3 Å². The summed E-state index contributed by atoms with van der Waals surface area (Å²) in [5.74, 6) is -0.992. The fourth-order valence-corrected chi connectivity index (χ4v) is 5.37. The molecule has 8 nitrogen and oxygen atoms in total. The van der Waals surface area contributed by atoms with Crippen LogP contribution in [0.15, 0.2) is 48.8 Å². The molecule has 1 aliphatic carbocycles. The summed E-state index contributed by atoms with van der Waals surface area (Å²) >= 11 is 13.5. The Morgan fingerprint density at radius 3 is 2.39 bits per heavy atom. The van der Waals surface area contributed by atoms with Crippen LogP contribution in [0.1, 0.15) is 41.8 Å². The lowest BCUT2D eigenvalue weighted by Crippen LogP contribution is -2.33. The average molecular weight is 547 g/mol. The molecular formula is C25H24Cl2N4O4S. The molecule has 1 saturated carbocycles. The number of benzene rings is 1. The fraction of sp³-hybridized carbons (Fsp3) is 0.280. The monoisotopic (exact) mass is 546 g/mol. The van der Waals surface area contributed by atoms with Crippen LogP contribution >= 0.6 is 34.5 Å². The molecule has 0 atom stereocenters. The van der Waals surface area contributed by atoms with Gasteiger partial charge in [-0.3, -0.25) is 14.6 Å². The number of para-hydroxylation sites is 1. The van der Waals surface area contributed by atoms with Gasteiger partial charge in [-0.15, -0.1) is 11.3 Å². The van der Waals surface area contributed by atoms with Gasteiger partial charge in [0.2, 0.25) is 0 Å². The fourth-order valence-electron chi connectivity index (χ4n) is 3.84. The normalized spacial score (nSPS) is 13.6. The molecule has 2 heterocycles. The maximum Gasteiger partial charge on any atom is 0.325 e. The van der Waals surface area contributed by atoms with Gasteiger partial charge >= 0.3 is 12.0 Å². The minimum atomic E-state index is -0.630. The SMILES string of the molecule is O=C(Nc1cc(-c2ccncc2)sc1C(=O)NCC(=O)OC1CCCCC1)Nc1c(Cl)cccc1Cl. The minimum Gasteiger partial charge on any atom is -0.461 e. The van der Waals surface area contributed by atoms with E-state index in [2.05, 4.69) is 20.9 Å². The third kappa shape index (κ3) is 6.75. The van der Waals surface area contributed by atoms with Gasteiger partial charge in [-0.05, 0) is 61.6 Å². The second-order valence-corrected chi connectivity index (χ2v) is 10.1. The number of pyridine rings is 1. The number of amides is 3. The molecule has 36 heavy (non-hydrogen) atoms. The summed E-state index contributed by atoms with van der Waals surface area (Å²) in [6.07, 6.45) is 8.08. The molecule has 3 aromatic rings. The number of thiophene rings is 1. The van der Waals surface area contributed by atoms with Crippen LogP contribution in [0.2, 0.25) is 10.0 Å². The maximum absolute atomic E-state index is 13.0. The number of nitrogens with one attached hydrogen (secondary N) is 3. The van der Waals surface area contributed by atoms with E-state index in [0.29, 0.717) is 0 Å². The van der Waals surface area contributed by atoms with Crippen LogP contribution in [0.4, 0.5) is 16.2 Å². The molecule has 188 valence electrons. The molecule has 0 spiro atoms. The van der Waals surface area contributed by atoms with E-state index in [4.69, 9.17) is 27.9 Å². The number of nitrogens with zero attached hydrogens (tertiary/aromatic N) is 1. The second-order valence-electron chi connectivity index (χ2n) is 8.20. The van der Waals surface area contributed by atoms with Crippen molar-refractivity contribution in [1.29, 1.82) is 0 Å². The van der Waals surface area contributed by atoms with Gasteiger partial charge in [0.15, 0.2) is 0 Å². The zero-order valence-electron chi connectivity index (χ0n) is 19.2. The summed E-state index contributed by atoms with van der Waals surface area (Å²) in [6.45, 7) is -0.265. The Morgan fingerprint density at radius 1 is 1.00 bits per heavy atom. The molecule has 1 aromatic carbocycles. The molecule has 3 N–H and O–H groups in total. The van der Waals surface area contributed by atoms with E-state index < -0.39 is 17.9 Å². The molecule has 1 aliphatic rings. The molecule has 0 unspecified atom stereocenters. The first kappa shape index (κ1) is 25.9. The number of urea groups is 1. The van der Waals surface area contributed by atoms with Gasteiger partial charge in [0, 0.05) is 17.3 Å². The molecule has 0 bridgehead atoms. The molecule has 1 fully saturated rings. The first-order chi connectivity index (χ1) is 17.4. The van der Waals surface area contributed by atoms with Gasteiger partial charge in [-0.25, -0.2) is 4.79 Å². The van der Waals surface area contributed by atoms with Gasteiger partial charge in [0.25, 0.3) is 5.91 Å². The topological polar surface area (TPSA) is 109 Å². The zero-order valence-corrected chi connectivity index (χ0v) is 21.5. The number of ether oxygens (including phenoxy) is 1. The van der Waals surface area contributed by atoms with Gasteiger partial charge in [-0.2, -0.15) is 0 Å². The first-order valence-corrected chi connectivity index (χ1v) is 13.0. The number of hydrogen-bond donors (Lipinski definition) is 3. The van der Waals surface area contributed by atoms with Crippen molar-refractivity contribution < 1.29 is 19.1 Å². The van der Waals surface area contributed by atoms with Crippen LogP contribution in [0.3, 0.4) is 0 Å². The van der Waals surface area contributed by atoms with Crippen molar-refractivity contribution in [3.05, 3.63) is 63.7 Å². The van der Waals surface area contributed by atoms with Gasteiger partial charge in [0.1, 0.15) is 17.5 Å². The van der Waals surface area contributed by atoms with Crippen molar-refractivity contribution >= 4 is 63.8 Å². The summed E-state index contributed by atoms with van der Waals surface area (Å²) in [7, 11) is 0. The molecule has 4 rings (SSSR count). The molecule has 0 aliphatic heterocycles. The van der Waals surface area contributed by atoms with Crippen LogP contribution in [-0.4, -0.2) is 35.5 Å². The predicted molar refractivity (Wildman–Crippen MR) is 142 cm³/mol. The van der Waals surface area contributed by atoms with Gasteiger partial charge in [0.05, 0.1) is 21.4 Å². The summed E-state index contributed by atoms with van der Waals surface area (Å²) < 4.78 is 5.47. The van der Waals surface area contributed by atoms with Crippen LogP contribution in [0.5, 0.6) is 0 Å². The first-order valence-electron chi connectivity index (χ1n) is 11.4. The third-order valence-electron chi connectivity index (χ3n) is 5.60. The van der Waals surface area contributed by atoms with Crippen LogP contribution in [-0.2, 0) is 9.53 Å². The van der Waals surface area contributed by atoms with Crippen LogP contribution in [0.25, 0.3) is 10.4 Å². The Balaban J connectivity index is 1.48. The van der Waals surface area contributed by atoms with E-state index in [-0.39, 0.29) is 38.9 Å². The Labute approximate surface area is 222 Å². The summed E-state index contributed by atoms with van der Waals surface area (Å²) in [4.78, 5) is 43.0. The summed E-state index contributed by atoms with van der Waals surface area (Å²) in [6, 6.07) is 9.50. The summed E-state index contributed by atoms with van der Waals surface area (Å²) in [5.41, 5.74) is 1.34. The third-order valence-corrected chi connectivity index (χ3v) is 7.41. The second kappa shape index (κ2) is 12.2. The Bertz CT molecular complexity index is 1230. The maximum atomic E-state index is 13.0. The summed E-state index contributed by atoms with van der Waals surface area (Å²) in [5, 5.41) is 8.45. The number of halogens is 2. The molecule has 11 heteroatoms.